The Kier molecular flexibility index (Phi) is 8.15. The van der Waals surface area contributed by atoms with E-state index in [4.69, 9.17) is 37.4 Å². The van der Waals surface area contributed by atoms with Crippen LogP contribution in [-0.4, -0.2) is 53.7 Å². The first-order valence-electron chi connectivity index (χ1n) is 11.1. The number of nitrogens with zero attached hydrogens (tertiary/aromatic N) is 3. The molecule has 0 aliphatic carbocycles. The number of methoxy groups -OCH3 is 1. The van der Waals surface area contributed by atoms with Gasteiger partial charge >= 0.3 is 0 Å². The average molecular weight is 490 g/mol. The number of halogens is 2. The third-order valence-corrected chi connectivity index (χ3v) is 6.45. The number of aromatic nitrogens is 2. The van der Waals surface area contributed by atoms with E-state index in [1.807, 2.05) is 36.4 Å². The molecule has 1 saturated heterocycles. The summed E-state index contributed by atoms with van der Waals surface area (Å²) >= 11 is 11.9. The van der Waals surface area contributed by atoms with Crippen molar-refractivity contribution in [2.24, 2.45) is 0 Å². The van der Waals surface area contributed by atoms with Gasteiger partial charge in [-0.05, 0) is 48.7 Å². The largest absolute Gasteiger partial charge is 0.492 e. The number of hydrogen-bond donors (Lipinski definition) is 0. The van der Waals surface area contributed by atoms with Gasteiger partial charge in [-0.2, -0.15) is 5.10 Å². The van der Waals surface area contributed by atoms with Gasteiger partial charge in [-0.1, -0.05) is 41.4 Å². The monoisotopic (exact) mass is 489 g/mol. The summed E-state index contributed by atoms with van der Waals surface area (Å²) in [6.45, 7) is 4.54. The molecule has 0 N–H and O–H groups in total. The molecule has 6 nitrogen and oxygen atoms in total. The maximum absolute atomic E-state index is 6.06. The van der Waals surface area contributed by atoms with Gasteiger partial charge in [0.25, 0.3) is 0 Å². The van der Waals surface area contributed by atoms with Crippen molar-refractivity contribution in [3.05, 3.63) is 76.5 Å². The summed E-state index contributed by atoms with van der Waals surface area (Å²) in [6, 6.07) is 15.8. The fraction of sp³-hybridized carbons (Fsp3) is 0.400. The molecule has 8 heteroatoms. The Morgan fingerprint density at radius 2 is 1.76 bits per heavy atom. The molecule has 0 amide bonds. The van der Waals surface area contributed by atoms with E-state index < -0.39 is 0 Å². The number of hydrogen-bond acceptors (Lipinski definition) is 5. The van der Waals surface area contributed by atoms with Crippen molar-refractivity contribution in [3.8, 4) is 11.5 Å². The first kappa shape index (κ1) is 23.9. The average Bonchev–Trinajstić information content (AvgIpc) is 3.25. The van der Waals surface area contributed by atoms with Gasteiger partial charge in [0.05, 0.1) is 17.8 Å². The SMILES string of the molecule is COC1(COc2cccc(Cl)c2)CCN(Cc2ccc(OCCn3cc(Cl)cn3)cc2)CC1. The number of rotatable bonds is 10. The lowest BCUT2D eigenvalue weighted by Crippen LogP contribution is -2.48. The highest BCUT2D eigenvalue weighted by Crippen LogP contribution is 2.29. The molecule has 33 heavy (non-hydrogen) atoms. The second-order valence-corrected chi connectivity index (χ2v) is 9.20. The Bertz CT molecular complexity index is 1020. The van der Waals surface area contributed by atoms with Crippen LogP contribution in [0.3, 0.4) is 0 Å². The molecular weight excluding hydrogens is 461 g/mol. The van der Waals surface area contributed by atoms with Gasteiger partial charge in [0.1, 0.15) is 30.3 Å². The minimum absolute atomic E-state index is 0.269. The molecule has 0 spiro atoms. The molecule has 176 valence electrons. The Morgan fingerprint density at radius 1 is 0.970 bits per heavy atom. The predicted octanol–water partition coefficient (Wildman–Crippen LogP) is 5.33. The minimum atomic E-state index is -0.269. The van der Waals surface area contributed by atoms with Gasteiger partial charge in [0.2, 0.25) is 0 Å². The van der Waals surface area contributed by atoms with E-state index >= 15 is 0 Å². The van der Waals surface area contributed by atoms with Gasteiger partial charge in [-0.25, -0.2) is 0 Å². The van der Waals surface area contributed by atoms with Crippen LogP contribution >= 0.6 is 23.2 Å². The molecule has 0 radical (unpaired) electrons. The summed E-state index contributed by atoms with van der Waals surface area (Å²) in [6.07, 6.45) is 5.25. The van der Waals surface area contributed by atoms with E-state index in [0.717, 1.165) is 44.0 Å². The van der Waals surface area contributed by atoms with Crippen LogP contribution in [0.2, 0.25) is 10.0 Å². The van der Waals surface area contributed by atoms with Crippen molar-refractivity contribution in [2.45, 2.75) is 31.5 Å². The summed E-state index contributed by atoms with van der Waals surface area (Å²) in [5, 5.41) is 5.46. The zero-order chi connectivity index (χ0) is 23.1. The minimum Gasteiger partial charge on any atom is -0.492 e. The Labute approximate surface area is 205 Å². The Balaban J connectivity index is 1.21. The van der Waals surface area contributed by atoms with Gasteiger partial charge in [0, 0.05) is 38.0 Å². The number of piperidine rings is 1. The van der Waals surface area contributed by atoms with Crippen LogP contribution in [0.5, 0.6) is 11.5 Å². The molecule has 0 saturated carbocycles. The fourth-order valence-corrected chi connectivity index (χ4v) is 4.30. The molecule has 1 aliphatic heterocycles. The molecular formula is C25H29Cl2N3O3. The van der Waals surface area contributed by atoms with E-state index in [9.17, 15) is 0 Å². The van der Waals surface area contributed by atoms with Crippen LogP contribution < -0.4 is 9.47 Å². The Hall–Kier alpha value is -2.25. The molecule has 2 heterocycles. The molecule has 4 rings (SSSR count). The molecule has 1 fully saturated rings. The van der Waals surface area contributed by atoms with Crippen molar-refractivity contribution in [3.63, 3.8) is 0 Å². The van der Waals surface area contributed by atoms with Crippen LogP contribution in [0.15, 0.2) is 60.9 Å². The third kappa shape index (κ3) is 6.87. The van der Waals surface area contributed by atoms with E-state index in [-0.39, 0.29) is 5.60 Å². The second-order valence-electron chi connectivity index (χ2n) is 8.32. The lowest BCUT2D eigenvalue weighted by Gasteiger charge is -2.40. The molecule has 2 aromatic carbocycles. The summed E-state index contributed by atoms with van der Waals surface area (Å²) in [5.74, 6) is 1.63. The summed E-state index contributed by atoms with van der Waals surface area (Å²) in [7, 11) is 1.77. The molecule has 0 atom stereocenters. The van der Waals surface area contributed by atoms with Crippen LogP contribution in [0.25, 0.3) is 0 Å². The number of benzene rings is 2. The van der Waals surface area contributed by atoms with Crippen LogP contribution in [0.1, 0.15) is 18.4 Å². The molecule has 1 aliphatic rings. The van der Waals surface area contributed by atoms with Gasteiger partial charge in [-0.15, -0.1) is 0 Å². The number of ether oxygens (including phenoxy) is 3. The van der Waals surface area contributed by atoms with Crippen molar-refractivity contribution in [2.75, 3.05) is 33.4 Å². The van der Waals surface area contributed by atoms with E-state index in [1.54, 1.807) is 24.2 Å². The summed E-state index contributed by atoms with van der Waals surface area (Å²) in [4.78, 5) is 2.45. The first-order valence-corrected chi connectivity index (χ1v) is 11.8. The predicted molar refractivity (Wildman–Crippen MR) is 130 cm³/mol. The van der Waals surface area contributed by atoms with Crippen LogP contribution in [-0.2, 0) is 17.8 Å². The van der Waals surface area contributed by atoms with E-state index in [2.05, 4.69) is 22.1 Å². The van der Waals surface area contributed by atoms with Crippen LogP contribution in [0.4, 0.5) is 0 Å². The topological polar surface area (TPSA) is 48.8 Å². The maximum Gasteiger partial charge on any atom is 0.120 e. The van der Waals surface area contributed by atoms with Gasteiger partial charge < -0.3 is 14.2 Å². The maximum atomic E-state index is 6.06. The normalized spacial score (nSPS) is 16.0. The first-order chi connectivity index (χ1) is 16.0. The van der Waals surface area contributed by atoms with E-state index in [0.29, 0.717) is 29.8 Å². The van der Waals surface area contributed by atoms with Gasteiger partial charge in [0.15, 0.2) is 0 Å². The van der Waals surface area contributed by atoms with Crippen molar-refractivity contribution >= 4 is 23.2 Å². The molecule has 0 bridgehead atoms. The highest BCUT2D eigenvalue weighted by molar-refractivity contribution is 6.30. The van der Waals surface area contributed by atoms with Crippen molar-refractivity contribution in [1.29, 1.82) is 0 Å². The quantitative estimate of drug-likeness (QED) is 0.385. The summed E-state index contributed by atoms with van der Waals surface area (Å²) < 4.78 is 19.5. The molecule has 0 unspecified atom stereocenters. The van der Waals surface area contributed by atoms with Crippen molar-refractivity contribution < 1.29 is 14.2 Å². The Morgan fingerprint density at radius 3 is 2.42 bits per heavy atom. The molecule has 3 aromatic rings. The molecule has 1 aromatic heterocycles. The zero-order valence-electron chi connectivity index (χ0n) is 18.8. The standard InChI is InChI=1S/C25H29Cl2N3O3/c1-31-25(19-33-24-4-2-3-21(26)15-24)9-11-29(12-10-25)17-20-5-7-23(8-6-20)32-14-13-30-18-22(27)16-28-30/h2-8,15-16,18H,9-14,17,19H2,1H3. The zero-order valence-corrected chi connectivity index (χ0v) is 20.3. The number of likely N-dealkylation sites (tertiary alicyclic amines) is 1. The van der Waals surface area contributed by atoms with Crippen LogP contribution in [0, 0.1) is 0 Å². The second kappa shape index (κ2) is 11.3. The van der Waals surface area contributed by atoms with Gasteiger partial charge in [-0.3, -0.25) is 9.58 Å². The highest BCUT2D eigenvalue weighted by atomic mass is 35.5. The highest BCUT2D eigenvalue weighted by Gasteiger charge is 2.35. The fourth-order valence-electron chi connectivity index (χ4n) is 3.96. The lowest BCUT2D eigenvalue weighted by atomic mass is 9.91. The third-order valence-electron chi connectivity index (χ3n) is 6.02. The van der Waals surface area contributed by atoms with Crippen molar-refractivity contribution in [1.82, 2.24) is 14.7 Å². The smallest absolute Gasteiger partial charge is 0.120 e. The lowest BCUT2D eigenvalue weighted by molar-refractivity contribution is -0.0839. The summed E-state index contributed by atoms with van der Waals surface area (Å²) in [5.41, 5.74) is 0.997. The van der Waals surface area contributed by atoms with E-state index in [1.165, 1.54) is 5.56 Å².